The van der Waals surface area contributed by atoms with Gasteiger partial charge in [0.05, 0.1) is 5.69 Å². The number of carbonyl (C=O) groups excluding carboxylic acids is 4. The van der Waals surface area contributed by atoms with E-state index in [1.54, 1.807) is 24.3 Å². The quantitative estimate of drug-likeness (QED) is 0.381. The van der Waals surface area contributed by atoms with E-state index in [9.17, 15) is 19.2 Å². The van der Waals surface area contributed by atoms with Crippen LogP contribution < -0.4 is 20.9 Å². The molecule has 0 radical (unpaired) electrons. The Morgan fingerprint density at radius 3 is 2.62 bits per heavy atom. The van der Waals surface area contributed by atoms with Gasteiger partial charge in [-0.25, -0.2) is 4.79 Å². The molecule has 2 aliphatic heterocycles. The fourth-order valence-corrected chi connectivity index (χ4v) is 7.17. The van der Waals surface area contributed by atoms with Gasteiger partial charge in [-0.1, -0.05) is 41.4 Å². The molecule has 1 aliphatic carbocycles. The minimum absolute atomic E-state index is 0.140. The number of amides is 5. The summed E-state index contributed by atoms with van der Waals surface area (Å²) in [6, 6.07) is 17.6. The maximum absolute atomic E-state index is 13.5. The van der Waals surface area contributed by atoms with Crippen molar-refractivity contribution in [3.8, 4) is 0 Å². The van der Waals surface area contributed by atoms with Crippen molar-refractivity contribution in [1.29, 1.82) is 0 Å². The Kier molecular flexibility index (Phi) is 6.53. The number of para-hydroxylation sites is 1. The highest BCUT2D eigenvalue weighted by atomic mass is 35.5. The van der Waals surface area contributed by atoms with Gasteiger partial charge < -0.3 is 15.5 Å². The molecule has 2 atom stereocenters. The monoisotopic (exact) mass is 580 g/mol. The third-order valence-corrected chi connectivity index (χ3v) is 9.07. The summed E-state index contributed by atoms with van der Waals surface area (Å²) in [6.07, 6.45) is 0.871. The van der Waals surface area contributed by atoms with E-state index in [-0.39, 0.29) is 35.9 Å². The number of rotatable bonds is 4. The number of imide groups is 1. The molecule has 2 heterocycles. The Labute approximate surface area is 238 Å². The third-order valence-electron chi connectivity index (χ3n) is 7.18. The zero-order valence-corrected chi connectivity index (χ0v) is 22.8. The molecule has 39 heavy (non-hydrogen) atoms. The molecule has 1 saturated heterocycles. The van der Waals surface area contributed by atoms with E-state index < -0.39 is 11.6 Å². The van der Waals surface area contributed by atoms with Crippen LogP contribution in [0.4, 0.5) is 16.2 Å². The Hall–Kier alpha value is -3.53. The molecule has 3 aliphatic rings. The average molecular weight is 581 g/mol. The van der Waals surface area contributed by atoms with Crippen LogP contribution in [0.25, 0.3) is 0 Å². The molecule has 1 fully saturated rings. The number of carbonyl (C=O) groups is 4. The smallest absolute Gasteiger partial charge is 0.322 e. The van der Waals surface area contributed by atoms with Crippen molar-refractivity contribution in [3.63, 3.8) is 0 Å². The second-order valence-electron chi connectivity index (χ2n) is 9.80. The summed E-state index contributed by atoms with van der Waals surface area (Å²) in [5.41, 5.74) is 2.80. The van der Waals surface area contributed by atoms with Crippen LogP contribution in [0.3, 0.4) is 0 Å². The first kappa shape index (κ1) is 25.7. The summed E-state index contributed by atoms with van der Waals surface area (Å²) in [5, 5.41) is 8.71. The number of nitrogens with one attached hydrogen (secondary N) is 3. The van der Waals surface area contributed by atoms with E-state index >= 15 is 0 Å². The van der Waals surface area contributed by atoms with E-state index in [4.69, 9.17) is 23.2 Å². The average Bonchev–Trinajstić information content (AvgIpc) is 3.35. The lowest BCUT2D eigenvalue weighted by Gasteiger charge is -2.22. The fourth-order valence-electron chi connectivity index (χ4n) is 5.36. The Balaban J connectivity index is 1.20. The number of anilines is 2. The van der Waals surface area contributed by atoms with Crippen molar-refractivity contribution >= 4 is 70.1 Å². The van der Waals surface area contributed by atoms with Crippen LogP contribution in [0.1, 0.15) is 28.4 Å². The van der Waals surface area contributed by atoms with Gasteiger partial charge in [0.25, 0.3) is 5.91 Å². The van der Waals surface area contributed by atoms with Crippen molar-refractivity contribution in [2.45, 2.75) is 34.9 Å². The first-order valence-corrected chi connectivity index (χ1v) is 13.9. The molecule has 3 aromatic rings. The molecule has 2 unspecified atom stereocenters. The van der Waals surface area contributed by atoms with Crippen LogP contribution in [-0.2, 0) is 27.2 Å². The zero-order chi connectivity index (χ0) is 27.3. The molecule has 3 aromatic carbocycles. The van der Waals surface area contributed by atoms with Crippen molar-refractivity contribution in [2.24, 2.45) is 0 Å². The number of fused-ring (bicyclic) bond motifs is 2. The van der Waals surface area contributed by atoms with Gasteiger partial charge in [-0.05, 0) is 59.2 Å². The van der Waals surface area contributed by atoms with Gasteiger partial charge in [0.15, 0.2) is 0 Å². The topological polar surface area (TPSA) is 108 Å². The lowest BCUT2D eigenvalue weighted by Crippen LogP contribution is -2.47. The number of nitrogens with zero attached hydrogens (tertiary/aromatic N) is 1. The Bertz CT molecular complexity index is 1560. The lowest BCUT2D eigenvalue weighted by atomic mass is 9.96. The first-order chi connectivity index (χ1) is 18.7. The van der Waals surface area contributed by atoms with Crippen LogP contribution in [0.5, 0.6) is 0 Å². The van der Waals surface area contributed by atoms with E-state index in [1.165, 1.54) is 16.7 Å². The molecule has 0 bridgehead atoms. The molecule has 11 heteroatoms. The molecule has 3 N–H and O–H groups in total. The van der Waals surface area contributed by atoms with Gasteiger partial charge in [0, 0.05) is 45.1 Å². The van der Waals surface area contributed by atoms with E-state index in [1.807, 2.05) is 36.4 Å². The predicted octanol–water partition coefficient (Wildman–Crippen LogP) is 4.88. The number of hydrogen-bond donors (Lipinski definition) is 3. The van der Waals surface area contributed by atoms with Gasteiger partial charge in [-0.3, -0.25) is 19.7 Å². The highest BCUT2D eigenvalue weighted by Gasteiger charge is 2.50. The number of thioether (sulfide) groups is 1. The summed E-state index contributed by atoms with van der Waals surface area (Å²) in [5.74, 6) is -0.910. The van der Waals surface area contributed by atoms with Crippen LogP contribution in [0.2, 0.25) is 10.0 Å². The summed E-state index contributed by atoms with van der Waals surface area (Å²) >= 11 is 14.2. The minimum Gasteiger partial charge on any atom is -0.325 e. The summed E-state index contributed by atoms with van der Waals surface area (Å²) in [4.78, 5) is 53.1. The summed E-state index contributed by atoms with van der Waals surface area (Å²) < 4.78 is 0. The van der Waals surface area contributed by atoms with Crippen LogP contribution in [-0.4, -0.2) is 35.8 Å². The fraction of sp³-hybridized carbons (Fsp3) is 0.214. The number of hydrogen-bond acceptors (Lipinski definition) is 5. The first-order valence-electron chi connectivity index (χ1n) is 12.3. The van der Waals surface area contributed by atoms with Crippen LogP contribution in [0.15, 0.2) is 65.6 Å². The third kappa shape index (κ3) is 4.86. The molecule has 198 valence electrons. The van der Waals surface area contributed by atoms with E-state index in [2.05, 4.69) is 16.0 Å². The van der Waals surface area contributed by atoms with Crippen molar-refractivity contribution < 1.29 is 19.2 Å². The molecule has 5 amide bonds. The normalized spacial score (nSPS) is 21.7. The maximum Gasteiger partial charge on any atom is 0.322 e. The number of benzene rings is 3. The number of halogens is 2. The second-order valence-corrected chi connectivity index (χ2v) is 11.9. The molecular weight excluding hydrogens is 559 g/mol. The molecule has 0 saturated carbocycles. The van der Waals surface area contributed by atoms with Gasteiger partial charge in [0.2, 0.25) is 11.8 Å². The second kappa shape index (κ2) is 9.89. The standard InChI is InChI=1S/C28H22Cl2N4O4S/c29-17-6-8-20(30)19(10-17)23-11-25(36)34(21-3-1-2-4-22(21)39-23)14-24(35)31-18-7-5-15-12-28(13-16(15)9-18)26(37)32-27(38)33-28/h1-10,23H,11-14H2,(H,31,35)(H2,32,33,37,38). The molecular formula is C28H22Cl2N4O4S. The highest BCUT2D eigenvalue weighted by molar-refractivity contribution is 7.99. The predicted molar refractivity (Wildman–Crippen MR) is 150 cm³/mol. The van der Waals surface area contributed by atoms with Gasteiger partial charge >= 0.3 is 6.03 Å². The van der Waals surface area contributed by atoms with Crippen molar-refractivity contribution in [3.05, 3.63) is 87.4 Å². The number of urea groups is 1. The van der Waals surface area contributed by atoms with Crippen molar-refractivity contribution in [1.82, 2.24) is 10.6 Å². The molecule has 6 rings (SSSR count). The Morgan fingerprint density at radius 1 is 1.03 bits per heavy atom. The highest BCUT2D eigenvalue weighted by Crippen LogP contribution is 2.47. The van der Waals surface area contributed by atoms with Gasteiger partial charge in [-0.2, -0.15) is 0 Å². The van der Waals surface area contributed by atoms with Crippen LogP contribution in [0, 0.1) is 0 Å². The summed E-state index contributed by atoms with van der Waals surface area (Å²) in [6.45, 7) is -0.175. The SMILES string of the molecule is O=C(CN1C(=O)CC(c2cc(Cl)ccc2Cl)Sc2ccccc21)Nc1ccc2c(c1)CC1(C2)NC(=O)NC1=O. The largest absolute Gasteiger partial charge is 0.325 e. The molecule has 1 spiro atoms. The zero-order valence-electron chi connectivity index (χ0n) is 20.4. The van der Waals surface area contributed by atoms with Gasteiger partial charge in [0.1, 0.15) is 12.1 Å². The molecule has 0 aromatic heterocycles. The maximum atomic E-state index is 13.5. The summed E-state index contributed by atoms with van der Waals surface area (Å²) in [7, 11) is 0. The van der Waals surface area contributed by atoms with Crippen molar-refractivity contribution in [2.75, 3.05) is 16.8 Å². The lowest BCUT2D eigenvalue weighted by molar-refractivity contribution is -0.123. The minimum atomic E-state index is -0.982. The van der Waals surface area contributed by atoms with E-state index in [0.29, 0.717) is 34.3 Å². The van der Waals surface area contributed by atoms with E-state index in [0.717, 1.165) is 21.6 Å². The van der Waals surface area contributed by atoms with Crippen LogP contribution >= 0.6 is 35.0 Å². The Morgan fingerprint density at radius 2 is 1.82 bits per heavy atom. The molecule has 8 nitrogen and oxygen atoms in total. The van der Waals surface area contributed by atoms with Gasteiger partial charge in [-0.15, -0.1) is 11.8 Å².